The van der Waals surface area contributed by atoms with Crippen LogP contribution in [0.4, 0.5) is 0 Å². The molecular weight excluding hydrogens is 392 g/mol. The largest absolute Gasteiger partial charge is 0.497 e. The fourth-order valence-corrected chi connectivity index (χ4v) is 4.28. The molecule has 5 nitrogen and oxygen atoms in total. The smallest absolute Gasteiger partial charge is 0.320 e. The Hall–Kier alpha value is -3.08. The number of carbonyl (C=O) groups is 2. The molecule has 1 saturated carbocycles. The van der Waals surface area contributed by atoms with E-state index in [4.69, 9.17) is 14.2 Å². The summed E-state index contributed by atoms with van der Waals surface area (Å²) in [6.45, 7) is 2.01. The van der Waals surface area contributed by atoms with Crippen LogP contribution in [0.1, 0.15) is 49.7 Å². The molecule has 1 fully saturated rings. The summed E-state index contributed by atoms with van der Waals surface area (Å²) in [5.41, 5.74) is 0.627. The van der Waals surface area contributed by atoms with Crippen LogP contribution in [0, 0.1) is 5.41 Å². The summed E-state index contributed by atoms with van der Waals surface area (Å²) in [5, 5.41) is 0. The molecule has 0 aromatic heterocycles. The Morgan fingerprint density at radius 3 is 2.16 bits per heavy atom. The standard InChI is InChI=1S/C26H30O5/c1-4-31-25(28)26(18-6-5-7-24(26)27)23(20-11-15-22(30-3)16-12-20)17-10-19-8-13-21(29-2)14-9-19/h8-17,23H,4-7,18H2,1-3H3/b17-10+. The van der Waals surface area contributed by atoms with Gasteiger partial charge in [0.15, 0.2) is 5.78 Å². The maximum atomic E-state index is 13.3. The van der Waals surface area contributed by atoms with Crippen molar-refractivity contribution < 1.29 is 23.8 Å². The van der Waals surface area contributed by atoms with E-state index in [0.717, 1.165) is 35.5 Å². The van der Waals surface area contributed by atoms with Gasteiger partial charge in [-0.25, -0.2) is 0 Å². The van der Waals surface area contributed by atoms with Gasteiger partial charge in [-0.1, -0.05) is 42.8 Å². The lowest BCUT2D eigenvalue weighted by Crippen LogP contribution is -2.47. The van der Waals surface area contributed by atoms with Crippen molar-refractivity contribution >= 4 is 17.8 Å². The average molecular weight is 423 g/mol. The number of rotatable bonds is 8. The van der Waals surface area contributed by atoms with E-state index in [1.807, 2.05) is 60.7 Å². The van der Waals surface area contributed by atoms with Crippen LogP contribution in [0.3, 0.4) is 0 Å². The summed E-state index contributed by atoms with van der Waals surface area (Å²) in [6, 6.07) is 15.2. The minimum absolute atomic E-state index is 0.0441. The van der Waals surface area contributed by atoms with Gasteiger partial charge in [0.2, 0.25) is 0 Å². The topological polar surface area (TPSA) is 61.8 Å². The molecule has 5 heteroatoms. The van der Waals surface area contributed by atoms with Crippen molar-refractivity contribution in [1.29, 1.82) is 0 Å². The summed E-state index contributed by atoms with van der Waals surface area (Å²) < 4.78 is 16.0. The predicted molar refractivity (Wildman–Crippen MR) is 120 cm³/mol. The predicted octanol–water partition coefficient (Wildman–Crippen LogP) is 5.19. The zero-order valence-electron chi connectivity index (χ0n) is 18.4. The van der Waals surface area contributed by atoms with Gasteiger partial charge in [0.25, 0.3) is 0 Å². The quantitative estimate of drug-likeness (QED) is 0.433. The average Bonchev–Trinajstić information content (AvgIpc) is 2.81. The van der Waals surface area contributed by atoms with E-state index < -0.39 is 17.3 Å². The molecule has 2 aromatic rings. The second-order valence-corrected chi connectivity index (χ2v) is 7.71. The second-order valence-electron chi connectivity index (χ2n) is 7.71. The highest BCUT2D eigenvalue weighted by Gasteiger charge is 2.53. The minimum Gasteiger partial charge on any atom is -0.497 e. The lowest BCUT2D eigenvalue weighted by atomic mass is 9.62. The number of methoxy groups -OCH3 is 2. The number of esters is 1. The number of benzene rings is 2. The zero-order valence-corrected chi connectivity index (χ0v) is 18.4. The highest BCUT2D eigenvalue weighted by Crippen LogP contribution is 2.47. The first-order valence-electron chi connectivity index (χ1n) is 10.7. The third-order valence-electron chi connectivity index (χ3n) is 5.96. The van der Waals surface area contributed by atoms with Crippen molar-refractivity contribution in [2.24, 2.45) is 5.41 Å². The molecule has 0 radical (unpaired) electrons. The molecule has 0 heterocycles. The molecule has 0 aliphatic heterocycles. The second kappa shape index (κ2) is 10.3. The molecule has 0 saturated heterocycles. The maximum absolute atomic E-state index is 13.3. The maximum Gasteiger partial charge on any atom is 0.320 e. The van der Waals surface area contributed by atoms with Gasteiger partial charge in [0.1, 0.15) is 16.9 Å². The van der Waals surface area contributed by atoms with E-state index in [-0.39, 0.29) is 12.4 Å². The molecule has 1 aliphatic carbocycles. The summed E-state index contributed by atoms with van der Waals surface area (Å²) >= 11 is 0. The van der Waals surface area contributed by atoms with Gasteiger partial charge in [-0.2, -0.15) is 0 Å². The lowest BCUT2D eigenvalue weighted by molar-refractivity contribution is -0.163. The lowest BCUT2D eigenvalue weighted by Gasteiger charge is -2.39. The summed E-state index contributed by atoms with van der Waals surface area (Å²) in [6.07, 6.45) is 6.40. The Morgan fingerprint density at radius 1 is 1.00 bits per heavy atom. The summed E-state index contributed by atoms with van der Waals surface area (Å²) in [4.78, 5) is 26.5. The van der Waals surface area contributed by atoms with Crippen LogP contribution in [0.15, 0.2) is 54.6 Å². The monoisotopic (exact) mass is 422 g/mol. The van der Waals surface area contributed by atoms with E-state index in [2.05, 4.69) is 0 Å². The molecule has 2 unspecified atom stereocenters. The molecule has 0 bridgehead atoms. The summed E-state index contributed by atoms with van der Waals surface area (Å²) in [7, 11) is 3.24. The Morgan fingerprint density at radius 2 is 1.61 bits per heavy atom. The van der Waals surface area contributed by atoms with Crippen molar-refractivity contribution in [3.8, 4) is 11.5 Å². The number of carbonyl (C=O) groups excluding carboxylic acids is 2. The first-order chi connectivity index (χ1) is 15.0. The highest BCUT2D eigenvalue weighted by molar-refractivity contribution is 6.05. The van der Waals surface area contributed by atoms with Gasteiger partial charge < -0.3 is 14.2 Å². The van der Waals surface area contributed by atoms with Crippen molar-refractivity contribution in [3.05, 3.63) is 65.7 Å². The zero-order chi connectivity index (χ0) is 22.3. The van der Waals surface area contributed by atoms with Gasteiger partial charge in [-0.05, 0) is 55.2 Å². The van der Waals surface area contributed by atoms with Crippen molar-refractivity contribution in [3.63, 3.8) is 0 Å². The molecule has 31 heavy (non-hydrogen) atoms. The van der Waals surface area contributed by atoms with Crippen molar-refractivity contribution in [2.75, 3.05) is 20.8 Å². The first-order valence-corrected chi connectivity index (χ1v) is 10.7. The molecule has 0 N–H and O–H groups in total. The van der Waals surface area contributed by atoms with Crippen LogP contribution in [0.2, 0.25) is 0 Å². The number of hydrogen-bond donors (Lipinski definition) is 0. The third-order valence-corrected chi connectivity index (χ3v) is 5.96. The van der Waals surface area contributed by atoms with Crippen LogP contribution >= 0.6 is 0 Å². The Labute approximate surface area is 184 Å². The van der Waals surface area contributed by atoms with Gasteiger partial charge in [0, 0.05) is 12.3 Å². The first kappa shape index (κ1) is 22.6. The van der Waals surface area contributed by atoms with Crippen molar-refractivity contribution in [1.82, 2.24) is 0 Å². The van der Waals surface area contributed by atoms with Crippen LogP contribution < -0.4 is 9.47 Å². The number of Topliss-reactive ketones (excluding diaryl/α,β-unsaturated/α-hetero) is 1. The molecule has 2 aromatic carbocycles. The van der Waals surface area contributed by atoms with Crippen LogP contribution in [-0.4, -0.2) is 32.6 Å². The van der Waals surface area contributed by atoms with Crippen LogP contribution in [0.5, 0.6) is 11.5 Å². The number of ketones is 1. The fraction of sp³-hybridized carbons (Fsp3) is 0.385. The Kier molecular flexibility index (Phi) is 7.50. The van der Waals surface area contributed by atoms with E-state index in [1.54, 1.807) is 21.1 Å². The van der Waals surface area contributed by atoms with Gasteiger partial charge in [-0.15, -0.1) is 0 Å². The molecule has 2 atom stereocenters. The SMILES string of the molecule is CCOC(=O)C1(C(/C=C/c2ccc(OC)cc2)c2ccc(OC)cc2)CCCCC1=O. The van der Waals surface area contributed by atoms with E-state index in [1.165, 1.54) is 0 Å². The number of hydrogen-bond acceptors (Lipinski definition) is 5. The molecule has 164 valence electrons. The number of allylic oxidation sites excluding steroid dienone is 1. The van der Waals surface area contributed by atoms with Crippen LogP contribution in [0.25, 0.3) is 6.08 Å². The molecule has 0 spiro atoms. The normalized spacial score (nSPS) is 19.8. The Balaban J connectivity index is 2.08. The van der Waals surface area contributed by atoms with Crippen LogP contribution in [-0.2, 0) is 14.3 Å². The highest BCUT2D eigenvalue weighted by atomic mass is 16.5. The fourth-order valence-electron chi connectivity index (χ4n) is 4.28. The third kappa shape index (κ3) is 4.82. The molecule has 1 aliphatic rings. The van der Waals surface area contributed by atoms with Crippen molar-refractivity contribution in [2.45, 2.75) is 38.5 Å². The van der Waals surface area contributed by atoms with E-state index in [0.29, 0.717) is 12.8 Å². The van der Waals surface area contributed by atoms with Gasteiger partial charge in [0.05, 0.1) is 20.8 Å². The summed E-state index contributed by atoms with van der Waals surface area (Å²) in [5.74, 6) is 0.584. The van der Waals surface area contributed by atoms with E-state index >= 15 is 0 Å². The minimum atomic E-state index is -1.22. The van der Waals surface area contributed by atoms with E-state index in [9.17, 15) is 9.59 Å². The molecular formula is C26H30O5. The Bertz CT molecular complexity index is 914. The number of ether oxygens (including phenoxy) is 3. The van der Waals surface area contributed by atoms with Gasteiger partial charge >= 0.3 is 5.97 Å². The molecule has 0 amide bonds. The molecule has 3 rings (SSSR count). The van der Waals surface area contributed by atoms with Gasteiger partial charge in [-0.3, -0.25) is 9.59 Å².